The van der Waals surface area contributed by atoms with Gasteiger partial charge in [-0.25, -0.2) is 15.0 Å². The minimum absolute atomic E-state index is 0.742. The van der Waals surface area contributed by atoms with E-state index in [1.807, 2.05) is 42.5 Å². The van der Waals surface area contributed by atoms with Gasteiger partial charge in [-0.3, -0.25) is 0 Å². The molecule has 0 fully saturated rings. The molecule has 0 aliphatic carbocycles. The maximum Gasteiger partial charge on any atom is 0.141 e. The Labute approximate surface area is 142 Å². The molecule has 3 aromatic rings. The molecule has 5 heteroatoms. The first kappa shape index (κ1) is 15.2. The van der Waals surface area contributed by atoms with E-state index in [1.165, 1.54) is 0 Å². The van der Waals surface area contributed by atoms with Crippen LogP contribution in [0.3, 0.4) is 0 Å². The summed E-state index contributed by atoms with van der Waals surface area (Å²) < 4.78 is 1.00. The summed E-state index contributed by atoms with van der Waals surface area (Å²) in [7, 11) is 0. The van der Waals surface area contributed by atoms with Crippen LogP contribution in [-0.4, -0.2) is 16.2 Å². The highest BCUT2D eigenvalue weighted by atomic mass is 79.9. The number of rotatable bonds is 3. The summed E-state index contributed by atoms with van der Waals surface area (Å²) >= 11 is 3.47. The Kier molecular flexibility index (Phi) is 4.65. The normalized spacial score (nSPS) is 10.5. The Hall–Kier alpha value is -2.71. The van der Waals surface area contributed by atoms with Gasteiger partial charge in [-0.05, 0) is 43.3 Å². The van der Waals surface area contributed by atoms with Gasteiger partial charge in [0.1, 0.15) is 12.1 Å². The Morgan fingerprint density at radius 1 is 1.17 bits per heavy atom. The van der Waals surface area contributed by atoms with Crippen molar-refractivity contribution in [2.45, 2.75) is 6.92 Å². The molecule has 3 rings (SSSR count). The van der Waals surface area contributed by atoms with Gasteiger partial charge in [0.05, 0.1) is 17.4 Å². The number of aromatic nitrogens is 2. The summed E-state index contributed by atoms with van der Waals surface area (Å²) in [4.78, 5) is 13.0. The van der Waals surface area contributed by atoms with Crippen LogP contribution in [0.25, 0.3) is 10.9 Å². The number of anilines is 2. The van der Waals surface area contributed by atoms with Crippen LogP contribution >= 0.6 is 15.9 Å². The van der Waals surface area contributed by atoms with Gasteiger partial charge in [0.25, 0.3) is 0 Å². The SMILES string of the molecule is CC#CC=Nc1ccc2ncnc(Nc3cccc(Br)c3)c2c1. The molecule has 2 aromatic carbocycles. The second kappa shape index (κ2) is 7.03. The fourth-order valence-electron chi connectivity index (χ4n) is 2.10. The zero-order chi connectivity index (χ0) is 16.1. The largest absolute Gasteiger partial charge is 0.340 e. The van der Waals surface area contributed by atoms with Crippen LogP contribution in [0.2, 0.25) is 0 Å². The molecular weight excluding hydrogens is 352 g/mol. The van der Waals surface area contributed by atoms with E-state index in [0.717, 1.165) is 32.6 Å². The molecule has 0 aliphatic rings. The molecule has 0 bridgehead atoms. The predicted molar refractivity (Wildman–Crippen MR) is 98.6 cm³/mol. The van der Waals surface area contributed by atoms with E-state index in [-0.39, 0.29) is 0 Å². The van der Waals surface area contributed by atoms with Crippen LogP contribution in [0.4, 0.5) is 17.2 Å². The Morgan fingerprint density at radius 3 is 2.91 bits per heavy atom. The molecule has 112 valence electrons. The quantitative estimate of drug-likeness (QED) is 0.533. The lowest BCUT2D eigenvalue weighted by Crippen LogP contribution is -1.95. The first-order chi connectivity index (χ1) is 11.3. The van der Waals surface area contributed by atoms with Crippen LogP contribution in [0.5, 0.6) is 0 Å². The smallest absolute Gasteiger partial charge is 0.141 e. The minimum atomic E-state index is 0.742. The number of nitrogens with zero attached hydrogens (tertiary/aromatic N) is 3. The van der Waals surface area contributed by atoms with Crippen LogP contribution in [0.1, 0.15) is 6.92 Å². The van der Waals surface area contributed by atoms with E-state index in [2.05, 4.69) is 48.0 Å². The number of benzene rings is 2. The van der Waals surface area contributed by atoms with Crippen molar-refractivity contribution in [2.75, 3.05) is 5.32 Å². The molecule has 0 radical (unpaired) electrons. The molecule has 0 unspecified atom stereocenters. The van der Waals surface area contributed by atoms with Gasteiger partial charge in [0.2, 0.25) is 0 Å². The standard InChI is InChI=1S/C18H13BrN4/c1-2-3-9-20-14-7-8-17-16(11-14)18(22-12-21-17)23-15-6-4-5-13(19)10-15/h4-12H,1H3,(H,21,22,23). The summed E-state index contributed by atoms with van der Waals surface area (Å²) in [5.41, 5.74) is 2.62. The molecule has 0 aliphatic heterocycles. The maximum absolute atomic E-state index is 4.35. The molecule has 0 saturated heterocycles. The summed E-state index contributed by atoms with van der Waals surface area (Å²) in [5.74, 6) is 6.34. The zero-order valence-corrected chi connectivity index (χ0v) is 14.0. The number of nitrogens with one attached hydrogen (secondary N) is 1. The average molecular weight is 365 g/mol. The molecular formula is C18H13BrN4. The maximum atomic E-state index is 4.35. The van der Waals surface area contributed by atoms with Gasteiger partial charge in [-0.1, -0.05) is 27.9 Å². The Morgan fingerprint density at radius 2 is 2.09 bits per heavy atom. The molecule has 4 nitrogen and oxygen atoms in total. The predicted octanol–water partition coefficient (Wildman–Crippen LogP) is 4.86. The Balaban J connectivity index is 2.01. The molecule has 23 heavy (non-hydrogen) atoms. The van der Waals surface area contributed by atoms with E-state index in [9.17, 15) is 0 Å². The summed E-state index contributed by atoms with van der Waals surface area (Å²) in [5, 5.41) is 4.23. The van der Waals surface area contributed by atoms with Gasteiger partial charge in [-0.15, -0.1) is 5.92 Å². The lowest BCUT2D eigenvalue weighted by atomic mass is 10.2. The van der Waals surface area contributed by atoms with Crippen LogP contribution in [-0.2, 0) is 0 Å². The topological polar surface area (TPSA) is 50.2 Å². The molecule has 0 amide bonds. The molecule has 1 heterocycles. The molecule has 0 atom stereocenters. The third-order valence-electron chi connectivity index (χ3n) is 3.13. The van der Waals surface area contributed by atoms with Gasteiger partial charge in [0, 0.05) is 15.5 Å². The van der Waals surface area contributed by atoms with E-state index in [0.29, 0.717) is 0 Å². The van der Waals surface area contributed by atoms with Crippen molar-refractivity contribution in [3.63, 3.8) is 0 Å². The molecule has 1 aromatic heterocycles. The number of hydrogen-bond donors (Lipinski definition) is 1. The Bertz CT molecular complexity index is 938. The number of halogens is 1. The lowest BCUT2D eigenvalue weighted by molar-refractivity contribution is 1.22. The van der Waals surface area contributed by atoms with Crippen molar-refractivity contribution < 1.29 is 0 Å². The van der Waals surface area contributed by atoms with Crippen molar-refractivity contribution in [1.82, 2.24) is 9.97 Å². The highest BCUT2D eigenvalue weighted by Crippen LogP contribution is 2.27. The molecule has 0 spiro atoms. The van der Waals surface area contributed by atoms with E-state index in [4.69, 9.17) is 0 Å². The fourth-order valence-corrected chi connectivity index (χ4v) is 2.50. The second-order valence-corrected chi connectivity index (χ2v) is 5.63. The number of aliphatic imine (C=N–C) groups is 1. The third-order valence-corrected chi connectivity index (χ3v) is 3.62. The van der Waals surface area contributed by atoms with Crippen LogP contribution in [0, 0.1) is 11.8 Å². The zero-order valence-electron chi connectivity index (χ0n) is 12.4. The van der Waals surface area contributed by atoms with E-state index < -0.39 is 0 Å². The van der Waals surface area contributed by atoms with E-state index in [1.54, 1.807) is 19.5 Å². The van der Waals surface area contributed by atoms with Gasteiger partial charge >= 0.3 is 0 Å². The van der Waals surface area contributed by atoms with Crippen molar-refractivity contribution in [3.05, 3.63) is 53.3 Å². The number of fused-ring (bicyclic) bond motifs is 1. The third kappa shape index (κ3) is 3.74. The summed E-state index contributed by atoms with van der Waals surface area (Å²) in [6.07, 6.45) is 3.14. The first-order valence-corrected chi connectivity index (χ1v) is 7.78. The molecule has 1 N–H and O–H groups in total. The summed E-state index contributed by atoms with van der Waals surface area (Å²) in [6.45, 7) is 1.78. The summed E-state index contributed by atoms with van der Waals surface area (Å²) in [6, 6.07) is 13.7. The number of hydrogen-bond acceptors (Lipinski definition) is 4. The monoisotopic (exact) mass is 364 g/mol. The van der Waals surface area contributed by atoms with Crippen molar-refractivity contribution >= 4 is 50.2 Å². The van der Waals surface area contributed by atoms with Gasteiger partial charge in [-0.2, -0.15) is 0 Å². The van der Waals surface area contributed by atoms with Gasteiger partial charge < -0.3 is 5.32 Å². The first-order valence-electron chi connectivity index (χ1n) is 6.98. The highest BCUT2D eigenvalue weighted by Gasteiger charge is 2.05. The lowest BCUT2D eigenvalue weighted by Gasteiger charge is -2.09. The van der Waals surface area contributed by atoms with Gasteiger partial charge in [0.15, 0.2) is 0 Å². The highest BCUT2D eigenvalue weighted by molar-refractivity contribution is 9.10. The average Bonchev–Trinajstić information content (AvgIpc) is 2.56. The van der Waals surface area contributed by atoms with Crippen LogP contribution < -0.4 is 5.32 Å². The second-order valence-electron chi connectivity index (χ2n) is 4.71. The van der Waals surface area contributed by atoms with Crippen molar-refractivity contribution in [1.29, 1.82) is 0 Å². The van der Waals surface area contributed by atoms with Crippen LogP contribution in [0.15, 0.2) is 58.3 Å². The van der Waals surface area contributed by atoms with Crippen molar-refractivity contribution in [2.24, 2.45) is 4.99 Å². The fraction of sp³-hybridized carbons (Fsp3) is 0.0556. The van der Waals surface area contributed by atoms with E-state index >= 15 is 0 Å². The van der Waals surface area contributed by atoms with Crippen molar-refractivity contribution in [3.8, 4) is 11.8 Å². The molecule has 0 saturated carbocycles. The minimum Gasteiger partial charge on any atom is -0.340 e.